The van der Waals surface area contributed by atoms with Gasteiger partial charge in [0, 0.05) is 17.8 Å². The van der Waals surface area contributed by atoms with Gasteiger partial charge in [-0.15, -0.1) is 0 Å². The Hall–Kier alpha value is -1.65. The predicted octanol–water partition coefficient (Wildman–Crippen LogP) is 1.65. The number of alkyl halides is 2. The Morgan fingerprint density at radius 2 is 2.31 bits per heavy atom. The summed E-state index contributed by atoms with van der Waals surface area (Å²) < 4.78 is 23.8. The molecule has 1 aromatic carbocycles. The lowest BCUT2D eigenvalue weighted by molar-refractivity contribution is 0.0892. The highest BCUT2D eigenvalue weighted by atomic mass is 19.3. The molecule has 0 fully saturated rings. The topological polar surface area (TPSA) is 41.1 Å². The quantitative estimate of drug-likeness (QED) is 0.822. The van der Waals surface area contributed by atoms with Crippen molar-refractivity contribution in [3.8, 4) is 0 Å². The minimum Gasteiger partial charge on any atom is -0.384 e. The highest BCUT2D eigenvalue weighted by Gasteiger charge is 2.14. The summed E-state index contributed by atoms with van der Waals surface area (Å²) in [6.07, 6.45) is -1.58. The molecule has 5 heteroatoms. The summed E-state index contributed by atoms with van der Waals surface area (Å²) in [6, 6.07) is 5.21. The van der Waals surface area contributed by atoms with Gasteiger partial charge in [-0.25, -0.2) is 8.78 Å². The summed E-state index contributed by atoms with van der Waals surface area (Å²) in [7, 11) is 0. The van der Waals surface area contributed by atoms with E-state index >= 15 is 0 Å². The number of nitrogens with one attached hydrogen (secondary N) is 2. The highest BCUT2D eigenvalue weighted by molar-refractivity contribution is 5.95. The molecule has 3 nitrogen and oxygen atoms in total. The molecular formula is C11H12F2N2O. The normalized spacial score (nSPS) is 13.4. The number of hydrogen-bond donors (Lipinski definition) is 2. The lowest BCUT2D eigenvalue weighted by Crippen LogP contribution is -2.28. The number of benzene rings is 1. The summed E-state index contributed by atoms with van der Waals surface area (Å²) in [5, 5.41) is 5.30. The molecule has 0 unspecified atom stereocenters. The Bertz CT molecular complexity index is 407. The second kappa shape index (κ2) is 4.47. The molecule has 16 heavy (non-hydrogen) atoms. The van der Waals surface area contributed by atoms with Gasteiger partial charge >= 0.3 is 0 Å². The zero-order chi connectivity index (χ0) is 11.5. The van der Waals surface area contributed by atoms with Crippen molar-refractivity contribution < 1.29 is 13.6 Å². The highest BCUT2D eigenvalue weighted by Crippen LogP contribution is 2.23. The Kier molecular flexibility index (Phi) is 3.03. The SMILES string of the molecule is O=C(NCC(F)F)c1ccc2c(c1)NCC2. The van der Waals surface area contributed by atoms with Crippen LogP contribution >= 0.6 is 0 Å². The van der Waals surface area contributed by atoms with Crippen LogP contribution in [0.1, 0.15) is 15.9 Å². The molecule has 1 amide bonds. The fourth-order valence-corrected chi connectivity index (χ4v) is 1.70. The van der Waals surface area contributed by atoms with Gasteiger partial charge < -0.3 is 10.6 Å². The maximum Gasteiger partial charge on any atom is 0.255 e. The van der Waals surface area contributed by atoms with Crippen LogP contribution in [0.3, 0.4) is 0 Å². The van der Waals surface area contributed by atoms with Gasteiger partial charge in [0.15, 0.2) is 0 Å². The van der Waals surface area contributed by atoms with Gasteiger partial charge in [-0.2, -0.15) is 0 Å². The maximum atomic E-state index is 11.9. The van der Waals surface area contributed by atoms with Crippen LogP contribution in [-0.2, 0) is 6.42 Å². The van der Waals surface area contributed by atoms with E-state index in [-0.39, 0.29) is 0 Å². The van der Waals surface area contributed by atoms with Crippen LogP contribution in [0.25, 0.3) is 0 Å². The van der Waals surface area contributed by atoms with E-state index in [1.807, 2.05) is 6.07 Å². The molecule has 1 aromatic rings. The third kappa shape index (κ3) is 2.29. The minimum absolute atomic E-state index is 0.411. The molecule has 1 aliphatic heterocycles. The molecule has 2 rings (SSSR count). The van der Waals surface area contributed by atoms with Gasteiger partial charge in [-0.05, 0) is 24.1 Å². The first-order valence-electron chi connectivity index (χ1n) is 5.10. The molecule has 0 spiro atoms. The van der Waals surface area contributed by atoms with Gasteiger partial charge in [-0.3, -0.25) is 4.79 Å². The van der Waals surface area contributed by atoms with Crippen LogP contribution in [0.2, 0.25) is 0 Å². The van der Waals surface area contributed by atoms with Gasteiger partial charge in [-0.1, -0.05) is 6.07 Å². The summed E-state index contributed by atoms with van der Waals surface area (Å²) in [6.45, 7) is 0.251. The molecule has 1 heterocycles. The third-order valence-corrected chi connectivity index (χ3v) is 2.50. The van der Waals surface area contributed by atoms with E-state index in [0.717, 1.165) is 24.2 Å². The van der Waals surface area contributed by atoms with Crippen molar-refractivity contribution in [3.63, 3.8) is 0 Å². The monoisotopic (exact) mass is 226 g/mol. The average Bonchev–Trinajstić information content (AvgIpc) is 2.72. The van der Waals surface area contributed by atoms with Crippen LogP contribution in [-0.4, -0.2) is 25.4 Å². The van der Waals surface area contributed by atoms with E-state index in [2.05, 4.69) is 10.6 Å². The first-order chi connectivity index (χ1) is 7.66. The molecule has 0 saturated heterocycles. The number of carbonyl (C=O) groups is 1. The van der Waals surface area contributed by atoms with E-state index in [1.54, 1.807) is 12.1 Å². The minimum atomic E-state index is -2.52. The van der Waals surface area contributed by atoms with Gasteiger partial charge in [0.25, 0.3) is 12.3 Å². The second-order valence-corrected chi connectivity index (χ2v) is 3.65. The second-order valence-electron chi connectivity index (χ2n) is 3.65. The number of hydrogen-bond acceptors (Lipinski definition) is 2. The summed E-state index contributed by atoms with van der Waals surface area (Å²) in [5.74, 6) is -0.461. The Balaban J connectivity index is 2.06. The van der Waals surface area contributed by atoms with E-state index in [4.69, 9.17) is 0 Å². The van der Waals surface area contributed by atoms with Crippen molar-refractivity contribution in [2.75, 3.05) is 18.4 Å². The molecule has 0 bridgehead atoms. The third-order valence-electron chi connectivity index (χ3n) is 2.50. The molecule has 2 N–H and O–H groups in total. The van der Waals surface area contributed by atoms with Crippen LogP contribution in [0.5, 0.6) is 0 Å². The number of rotatable bonds is 3. The number of fused-ring (bicyclic) bond motifs is 1. The van der Waals surface area contributed by atoms with Crippen molar-refractivity contribution in [2.45, 2.75) is 12.8 Å². The van der Waals surface area contributed by atoms with Crippen molar-refractivity contribution in [2.24, 2.45) is 0 Å². The summed E-state index contributed by atoms with van der Waals surface area (Å²) in [4.78, 5) is 11.5. The van der Waals surface area contributed by atoms with Gasteiger partial charge in [0.1, 0.15) is 0 Å². The Morgan fingerprint density at radius 1 is 1.50 bits per heavy atom. The summed E-state index contributed by atoms with van der Waals surface area (Å²) >= 11 is 0. The largest absolute Gasteiger partial charge is 0.384 e. The van der Waals surface area contributed by atoms with Crippen LogP contribution in [0.4, 0.5) is 14.5 Å². The maximum absolute atomic E-state index is 11.9. The molecule has 1 aliphatic rings. The van der Waals surface area contributed by atoms with Crippen molar-refractivity contribution in [1.29, 1.82) is 0 Å². The lowest BCUT2D eigenvalue weighted by atomic mass is 10.1. The number of carbonyl (C=O) groups excluding carboxylic acids is 1. The van der Waals surface area contributed by atoms with Gasteiger partial charge in [0.2, 0.25) is 0 Å². The predicted molar refractivity (Wildman–Crippen MR) is 57.0 cm³/mol. The van der Waals surface area contributed by atoms with Crippen LogP contribution < -0.4 is 10.6 Å². The smallest absolute Gasteiger partial charge is 0.255 e. The number of amides is 1. The van der Waals surface area contributed by atoms with E-state index in [0.29, 0.717) is 5.56 Å². The first-order valence-corrected chi connectivity index (χ1v) is 5.10. The number of anilines is 1. The zero-order valence-corrected chi connectivity index (χ0v) is 8.59. The lowest BCUT2D eigenvalue weighted by Gasteiger charge is -2.06. The standard InChI is InChI=1S/C11H12F2N2O/c12-10(13)6-15-11(16)8-2-1-7-3-4-14-9(7)5-8/h1-2,5,10,14H,3-4,6H2,(H,15,16). The van der Waals surface area contributed by atoms with Crippen molar-refractivity contribution in [3.05, 3.63) is 29.3 Å². The molecular weight excluding hydrogens is 214 g/mol. The van der Waals surface area contributed by atoms with Crippen molar-refractivity contribution in [1.82, 2.24) is 5.32 Å². The summed E-state index contributed by atoms with van der Waals surface area (Å²) in [5.41, 5.74) is 2.49. The fraction of sp³-hybridized carbons (Fsp3) is 0.364. The Labute approximate surface area is 91.8 Å². The van der Waals surface area contributed by atoms with Crippen molar-refractivity contribution >= 4 is 11.6 Å². The van der Waals surface area contributed by atoms with E-state index in [9.17, 15) is 13.6 Å². The first kappa shape index (κ1) is 10.9. The van der Waals surface area contributed by atoms with Crippen LogP contribution in [0, 0.1) is 0 Å². The molecule has 0 radical (unpaired) electrons. The zero-order valence-electron chi connectivity index (χ0n) is 8.59. The molecule has 0 aromatic heterocycles. The Morgan fingerprint density at radius 3 is 3.06 bits per heavy atom. The van der Waals surface area contributed by atoms with Crippen LogP contribution in [0.15, 0.2) is 18.2 Å². The van der Waals surface area contributed by atoms with E-state index in [1.165, 1.54) is 0 Å². The molecule has 0 atom stereocenters. The van der Waals surface area contributed by atoms with E-state index < -0.39 is 18.9 Å². The number of halogens is 2. The average molecular weight is 226 g/mol. The fourth-order valence-electron chi connectivity index (χ4n) is 1.70. The molecule has 0 saturated carbocycles. The molecule has 0 aliphatic carbocycles. The van der Waals surface area contributed by atoms with Gasteiger partial charge in [0.05, 0.1) is 6.54 Å². The molecule has 86 valence electrons.